The van der Waals surface area contributed by atoms with E-state index in [1.54, 1.807) is 18.2 Å². The standard InChI is InChI=1S/C16H21NO4/c1-4-10(9-17(2)3)15(18)11-5-6-13-12(7-11)8-14(21-13)16(19)20/h5-7,10,14H,4,8-9H2,1-3H3,(H,19,20). The van der Waals surface area contributed by atoms with Crippen LogP contribution in [0.1, 0.15) is 29.3 Å². The molecule has 1 N–H and O–H groups in total. The first-order valence-corrected chi connectivity index (χ1v) is 7.13. The Balaban J connectivity index is 2.18. The molecule has 0 saturated heterocycles. The van der Waals surface area contributed by atoms with Crippen LogP contribution in [0.3, 0.4) is 0 Å². The zero-order chi connectivity index (χ0) is 15.6. The van der Waals surface area contributed by atoms with Crippen molar-refractivity contribution >= 4 is 11.8 Å². The highest BCUT2D eigenvalue weighted by molar-refractivity contribution is 5.98. The van der Waals surface area contributed by atoms with Crippen LogP contribution in [0.4, 0.5) is 0 Å². The third kappa shape index (κ3) is 3.42. The molecule has 0 fully saturated rings. The molecule has 1 heterocycles. The molecule has 2 unspecified atom stereocenters. The fraction of sp³-hybridized carbons (Fsp3) is 0.500. The number of carbonyl (C=O) groups excluding carboxylic acids is 1. The van der Waals surface area contributed by atoms with Crippen molar-refractivity contribution in [2.45, 2.75) is 25.9 Å². The summed E-state index contributed by atoms with van der Waals surface area (Å²) in [6.45, 7) is 2.71. The van der Waals surface area contributed by atoms with Crippen LogP contribution in [0.25, 0.3) is 0 Å². The van der Waals surface area contributed by atoms with Gasteiger partial charge < -0.3 is 14.7 Å². The van der Waals surface area contributed by atoms with E-state index in [0.717, 1.165) is 12.0 Å². The molecule has 21 heavy (non-hydrogen) atoms. The van der Waals surface area contributed by atoms with Gasteiger partial charge >= 0.3 is 5.97 Å². The van der Waals surface area contributed by atoms with Crippen molar-refractivity contribution in [1.82, 2.24) is 4.90 Å². The Labute approximate surface area is 124 Å². The molecule has 5 heteroatoms. The number of nitrogens with zero attached hydrogens (tertiary/aromatic N) is 1. The smallest absolute Gasteiger partial charge is 0.345 e. The lowest BCUT2D eigenvalue weighted by Crippen LogP contribution is -2.27. The maximum absolute atomic E-state index is 12.5. The van der Waals surface area contributed by atoms with Crippen LogP contribution in [0.15, 0.2) is 18.2 Å². The van der Waals surface area contributed by atoms with Gasteiger partial charge in [0.25, 0.3) is 0 Å². The van der Waals surface area contributed by atoms with E-state index in [1.165, 1.54) is 0 Å². The number of ketones is 1. The minimum Gasteiger partial charge on any atom is -0.478 e. The van der Waals surface area contributed by atoms with E-state index in [9.17, 15) is 9.59 Å². The molecular formula is C16H21NO4. The van der Waals surface area contributed by atoms with Crippen molar-refractivity contribution in [2.75, 3.05) is 20.6 Å². The Hall–Kier alpha value is -1.88. The minimum absolute atomic E-state index is 0.0457. The first kappa shape index (κ1) is 15.5. The molecule has 2 rings (SSSR count). The van der Waals surface area contributed by atoms with E-state index in [-0.39, 0.29) is 11.7 Å². The molecule has 1 aromatic carbocycles. The zero-order valence-corrected chi connectivity index (χ0v) is 12.6. The summed E-state index contributed by atoms with van der Waals surface area (Å²) < 4.78 is 5.34. The summed E-state index contributed by atoms with van der Waals surface area (Å²) in [5.74, 6) is -0.346. The summed E-state index contributed by atoms with van der Waals surface area (Å²) in [5, 5.41) is 8.99. The molecule has 0 spiro atoms. The van der Waals surface area contributed by atoms with Gasteiger partial charge in [0, 0.05) is 24.4 Å². The molecule has 0 radical (unpaired) electrons. The maximum atomic E-state index is 12.5. The Kier molecular flexibility index (Phi) is 4.63. The first-order chi connectivity index (χ1) is 9.92. The zero-order valence-electron chi connectivity index (χ0n) is 12.6. The summed E-state index contributed by atoms with van der Waals surface area (Å²) in [4.78, 5) is 25.5. The summed E-state index contributed by atoms with van der Waals surface area (Å²) >= 11 is 0. The number of Topliss-reactive ketones (excluding diaryl/α,β-unsaturated/α-hetero) is 1. The van der Waals surface area contributed by atoms with Crippen LogP contribution in [0.2, 0.25) is 0 Å². The fourth-order valence-electron chi connectivity index (χ4n) is 2.61. The highest BCUT2D eigenvalue weighted by Crippen LogP contribution is 2.30. The van der Waals surface area contributed by atoms with Crippen molar-refractivity contribution in [2.24, 2.45) is 5.92 Å². The number of benzene rings is 1. The molecule has 114 valence electrons. The third-order valence-corrected chi connectivity index (χ3v) is 3.74. The Morgan fingerprint density at radius 3 is 2.71 bits per heavy atom. The largest absolute Gasteiger partial charge is 0.478 e. The molecule has 1 aliphatic rings. The van der Waals surface area contributed by atoms with E-state index in [2.05, 4.69) is 0 Å². The van der Waals surface area contributed by atoms with Crippen molar-refractivity contribution in [3.05, 3.63) is 29.3 Å². The molecular weight excluding hydrogens is 270 g/mol. The van der Waals surface area contributed by atoms with Crippen molar-refractivity contribution in [3.63, 3.8) is 0 Å². The molecule has 5 nitrogen and oxygen atoms in total. The maximum Gasteiger partial charge on any atom is 0.345 e. The molecule has 1 aromatic rings. The number of rotatable bonds is 6. The quantitative estimate of drug-likeness (QED) is 0.810. The van der Waals surface area contributed by atoms with Crippen LogP contribution < -0.4 is 4.74 Å². The monoisotopic (exact) mass is 291 g/mol. The van der Waals surface area contributed by atoms with Gasteiger partial charge in [0.15, 0.2) is 11.9 Å². The van der Waals surface area contributed by atoms with Crippen LogP contribution in [0, 0.1) is 5.92 Å². The molecule has 1 aliphatic heterocycles. The molecule has 0 aliphatic carbocycles. The molecule has 2 atom stereocenters. The lowest BCUT2D eigenvalue weighted by Gasteiger charge is -2.18. The Bertz CT molecular complexity index is 553. The third-order valence-electron chi connectivity index (χ3n) is 3.74. The number of carboxylic acid groups (broad SMARTS) is 1. The lowest BCUT2D eigenvalue weighted by molar-refractivity contribution is -0.144. The number of carboxylic acids is 1. The number of aliphatic carboxylic acids is 1. The first-order valence-electron chi connectivity index (χ1n) is 7.13. The van der Waals surface area contributed by atoms with Gasteiger partial charge in [-0.2, -0.15) is 0 Å². The predicted octanol–water partition coefficient (Wildman–Crippen LogP) is 1.85. The van der Waals surface area contributed by atoms with Gasteiger partial charge in [0.1, 0.15) is 5.75 Å². The van der Waals surface area contributed by atoms with Gasteiger partial charge in [0.05, 0.1) is 0 Å². The van der Waals surface area contributed by atoms with Gasteiger partial charge in [-0.1, -0.05) is 6.92 Å². The summed E-state index contributed by atoms with van der Waals surface area (Å²) in [7, 11) is 3.90. The Morgan fingerprint density at radius 1 is 1.43 bits per heavy atom. The highest BCUT2D eigenvalue weighted by atomic mass is 16.5. The normalized spacial score (nSPS) is 18.2. The lowest BCUT2D eigenvalue weighted by atomic mass is 9.93. The van der Waals surface area contributed by atoms with Gasteiger partial charge in [-0.3, -0.25) is 4.79 Å². The fourth-order valence-corrected chi connectivity index (χ4v) is 2.61. The molecule has 0 saturated carbocycles. The van der Waals surface area contributed by atoms with Gasteiger partial charge in [-0.15, -0.1) is 0 Å². The van der Waals surface area contributed by atoms with E-state index in [4.69, 9.17) is 9.84 Å². The average Bonchev–Trinajstić information content (AvgIpc) is 2.86. The van der Waals surface area contributed by atoms with Gasteiger partial charge in [-0.05, 0) is 44.3 Å². The van der Waals surface area contributed by atoms with Crippen molar-refractivity contribution < 1.29 is 19.4 Å². The summed E-state index contributed by atoms with van der Waals surface area (Å²) in [6.07, 6.45) is 0.257. The predicted molar refractivity (Wildman–Crippen MR) is 78.9 cm³/mol. The number of hydrogen-bond acceptors (Lipinski definition) is 4. The summed E-state index contributed by atoms with van der Waals surface area (Å²) in [5.41, 5.74) is 1.44. The van der Waals surface area contributed by atoms with Gasteiger partial charge in [-0.25, -0.2) is 4.79 Å². The number of fused-ring (bicyclic) bond motifs is 1. The topological polar surface area (TPSA) is 66.8 Å². The highest BCUT2D eigenvalue weighted by Gasteiger charge is 2.30. The number of ether oxygens (including phenoxy) is 1. The number of hydrogen-bond donors (Lipinski definition) is 1. The van der Waals surface area contributed by atoms with Crippen LogP contribution in [0.5, 0.6) is 5.75 Å². The van der Waals surface area contributed by atoms with Crippen molar-refractivity contribution in [1.29, 1.82) is 0 Å². The summed E-state index contributed by atoms with van der Waals surface area (Å²) in [6, 6.07) is 5.20. The molecule has 0 aromatic heterocycles. The van der Waals surface area contributed by atoms with Crippen LogP contribution >= 0.6 is 0 Å². The second kappa shape index (κ2) is 6.26. The van der Waals surface area contributed by atoms with E-state index >= 15 is 0 Å². The van der Waals surface area contributed by atoms with Crippen LogP contribution in [-0.4, -0.2) is 48.5 Å². The van der Waals surface area contributed by atoms with E-state index in [0.29, 0.717) is 24.3 Å². The Morgan fingerprint density at radius 2 is 2.14 bits per heavy atom. The SMILES string of the molecule is CCC(CN(C)C)C(=O)c1ccc2c(c1)CC(C(=O)O)O2. The van der Waals surface area contributed by atoms with E-state index < -0.39 is 12.1 Å². The minimum atomic E-state index is -0.974. The van der Waals surface area contributed by atoms with Gasteiger partial charge in [0.2, 0.25) is 0 Å². The second-order valence-corrected chi connectivity index (χ2v) is 5.70. The second-order valence-electron chi connectivity index (χ2n) is 5.70. The van der Waals surface area contributed by atoms with Crippen LogP contribution in [-0.2, 0) is 11.2 Å². The number of carbonyl (C=O) groups is 2. The van der Waals surface area contributed by atoms with E-state index in [1.807, 2.05) is 25.9 Å². The molecule has 0 amide bonds. The van der Waals surface area contributed by atoms with Crippen molar-refractivity contribution in [3.8, 4) is 5.75 Å². The molecule has 0 bridgehead atoms. The average molecular weight is 291 g/mol.